The lowest BCUT2D eigenvalue weighted by Crippen LogP contribution is -2.39. The van der Waals surface area contributed by atoms with Crippen molar-refractivity contribution in [3.05, 3.63) is 29.6 Å². The van der Waals surface area contributed by atoms with Crippen LogP contribution in [0.4, 0.5) is 10.1 Å². The van der Waals surface area contributed by atoms with Crippen molar-refractivity contribution in [2.75, 3.05) is 5.32 Å². The fourth-order valence-corrected chi connectivity index (χ4v) is 2.30. The van der Waals surface area contributed by atoms with Gasteiger partial charge in [-0.3, -0.25) is 14.5 Å². The largest absolute Gasteiger partial charge is 0.371 e. The number of nitrogens with zero attached hydrogens (tertiary/aromatic N) is 1. The van der Waals surface area contributed by atoms with Crippen LogP contribution in [-0.2, 0) is 9.59 Å². The number of likely N-dealkylation sites (tertiary alicyclic amines) is 1. The van der Waals surface area contributed by atoms with Crippen molar-refractivity contribution in [3.63, 3.8) is 0 Å². The summed E-state index contributed by atoms with van der Waals surface area (Å²) < 4.78 is 13.7. The first-order chi connectivity index (χ1) is 8.91. The summed E-state index contributed by atoms with van der Waals surface area (Å²) in [6, 6.07) is 3.85. The van der Waals surface area contributed by atoms with E-state index in [9.17, 15) is 14.0 Å². The Balaban J connectivity index is 2.22. The number of hydrogen-bond donors (Lipinski definition) is 1. The Kier molecular flexibility index (Phi) is 3.55. The van der Waals surface area contributed by atoms with Gasteiger partial charge in [0.05, 0.1) is 12.1 Å². The smallest absolute Gasteiger partial charge is 0.252 e. The number of rotatable bonds is 3. The van der Waals surface area contributed by atoms with Gasteiger partial charge in [-0.05, 0) is 32.4 Å². The zero-order valence-electron chi connectivity index (χ0n) is 11.2. The Morgan fingerprint density at radius 1 is 1.37 bits per heavy atom. The molecule has 1 unspecified atom stereocenters. The fraction of sp³-hybridized carbons (Fsp3) is 0.429. The van der Waals surface area contributed by atoms with Gasteiger partial charge in [-0.1, -0.05) is 12.1 Å². The molecule has 0 saturated carbocycles. The van der Waals surface area contributed by atoms with Gasteiger partial charge in [0.25, 0.3) is 5.91 Å². The Morgan fingerprint density at radius 2 is 2.05 bits per heavy atom. The van der Waals surface area contributed by atoms with E-state index in [1.54, 1.807) is 32.9 Å². The molecule has 1 saturated heterocycles. The number of nitrogens with one attached hydrogen (secondary N) is 1. The van der Waals surface area contributed by atoms with Gasteiger partial charge in [0.15, 0.2) is 0 Å². The van der Waals surface area contributed by atoms with Crippen LogP contribution in [0.3, 0.4) is 0 Å². The summed E-state index contributed by atoms with van der Waals surface area (Å²) in [5, 5.41) is 2.86. The summed E-state index contributed by atoms with van der Waals surface area (Å²) in [5.41, 5.74) is 1.00. The molecule has 1 aromatic rings. The second-order valence-corrected chi connectivity index (χ2v) is 5.03. The Hall–Kier alpha value is -1.91. The molecule has 1 fully saturated rings. The van der Waals surface area contributed by atoms with Crippen LogP contribution in [-0.4, -0.2) is 28.8 Å². The van der Waals surface area contributed by atoms with Gasteiger partial charge in [0.1, 0.15) is 11.9 Å². The maximum Gasteiger partial charge on any atom is 0.252 e. The van der Waals surface area contributed by atoms with E-state index in [1.807, 2.05) is 0 Å². The topological polar surface area (TPSA) is 49.4 Å². The van der Waals surface area contributed by atoms with Gasteiger partial charge in [-0.2, -0.15) is 0 Å². The monoisotopic (exact) mass is 264 g/mol. The molecule has 0 aromatic heterocycles. The molecule has 2 rings (SSSR count). The van der Waals surface area contributed by atoms with Gasteiger partial charge >= 0.3 is 0 Å². The molecule has 0 bridgehead atoms. The minimum absolute atomic E-state index is 0.0742. The minimum Gasteiger partial charge on any atom is -0.371 e. The first-order valence-electron chi connectivity index (χ1n) is 6.29. The molecule has 102 valence electrons. The lowest BCUT2D eigenvalue weighted by Gasteiger charge is -2.20. The van der Waals surface area contributed by atoms with Gasteiger partial charge in [0.2, 0.25) is 5.91 Å². The average Bonchev–Trinajstić information content (AvgIpc) is 2.59. The van der Waals surface area contributed by atoms with Crippen molar-refractivity contribution in [1.29, 1.82) is 0 Å². The lowest BCUT2D eigenvalue weighted by atomic mass is 10.1. The number of aryl methyl sites for hydroxylation is 1. The molecule has 0 aliphatic carbocycles. The number of carbonyl (C=O) groups excluding carboxylic acids is 2. The number of benzene rings is 1. The molecule has 5 heteroatoms. The lowest BCUT2D eigenvalue weighted by molar-refractivity contribution is -0.140. The van der Waals surface area contributed by atoms with Crippen LogP contribution in [0.2, 0.25) is 0 Å². The first-order valence-corrected chi connectivity index (χ1v) is 6.29. The molecule has 1 atom stereocenters. The number of hydrogen-bond acceptors (Lipinski definition) is 3. The standard InChI is InChI=1S/C14H17FN2O2/c1-8(2)17-12(18)7-11(14(17)19)16-13-9(3)5-4-6-10(13)15/h4-6,8,11,16H,7H2,1-3H3. The third-order valence-electron chi connectivity index (χ3n) is 3.24. The van der Waals surface area contributed by atoms with E-state index < -0.39 is 11.9 Å². The van der Waals surface area contributed by atoms with Crippen LogP contribution in [0.25, 0.3) is 0 Å². The predicted molar refractivity (Wildman–Crippen MR) is 70.2 cm³/mol. The van der Waals surface area contributed by atoms with E-state index in [0.717, 1.165) is 0 Å². The third-order valence-corrected chi connectivity index (χ3v) is 3.24. The van der Waals surface area contributed by atoms with Crippen molar-refractivity contribution in [2.45, 2.75) is 39.3 Å². The minimum atomic E-state index is -0.675. The van der Waals surface area contributed by atoms with Crippen LogP contribution >= 0.6 is 0 Å². The van der Waals surface area contributed by atoms with Gasteiger partial charge in [0, 0.05) is 6.04 Å². The van der Waals surface area contributed by atoms with Crippen LogP contribution in [0, 0.1) is 12.7 Å². The summed E-state index contributed by atoms with van der Waals surface area (Å²) >= 11 is 0. The molecule has 1 aliphatic heterocycles. The molecular weight excluding hydrogens is 247 g/mol. The van der Waals surface area contributed by atoms with Crippen LogP contribution in [0.5, 0.6) is 0 Å². The number of halogens is 1. The highest BCUT2D eigenvalue weighted by Gasteiger charge is 2.40. The molecule has 1 aromatic carbocycles. The van der Waals surface area contributed by atoms with E-state index in [1.165, 1.54) is 11.0 Å². The second kappa shape index (κ2) is 4.99. The molecule has 1 N–H and O–H groups in total. The number of carbonyl (C=O) groups is 2. The molecule has 0 radical (unpaired) electrons. The highest BCUT2D eigenvalue weighted by molar-refractivity contribution is 6.07. The summed E-state index contributed by atoms with van der Waals surface area (Å²) in [4.78, 5) is 25.1. The number of amides is 2. The number of para-hydroxylation sites is 1. The Morgan fingerprint density at radius 3 is 2.58 bits per heavy atom. The van der Waals surface area contributed by atoms with E-state index in [2.05, 4.69) is 5.32 Å². The molecule has 0 spiro atoms. The fourth-order valence-electron chi connectivity index (χ4n) is 2.30. The van der Waals surface area contributed by atoms with Crippen molar-refractivity contribution in [1.82, 2.24) is 4.90 Å². The quantitative estimate of drug-likeness (QED) is 0.850. The Labute approximate surface area is 111 Å². The van der Waals surface area contributed by atoms with Gasteiger partial charge in [-0.25, -0.2) is 4.39 Å². The van der Waals surface area contributed by atoms with E-state index in [0.29, 0.717) is 11.3 Å². The van der Waals surface area contributed by atoms with E-state index in [-0.39, 0.29) is 24.3 Å². The van der Waals surface area contributed by atoms with Crippen LogP contribution in [0.15, 0.2) is 18.2 Å². The second-order valence-electron chi connectivity index (χ2n) is 5.03. The van der Waals surface area contributed by atoms with Gasteiger partial charge < -0.3 is 5.32 Å². The van der Waals surface area contributed by atoms with Crippen molar-refractivity contribution >= 4 is 17.5 Å². The Bertz CT molecular complexity index is 508. The van der Waals surface area contributed by atoms with Crippen LogP contribution < -0.4 is 5.32 Å². The summed E-state index contributed by atoms with van der Waals surface area (Å²) in [7, 11) is 0. The highest BCUT2D eigenvalue weighted by Crippen LogP contribution is 2.24. The predicted octanol–water partition coefficient (Wildman–Crippen LogP) is 2.08. The molecule has 2 amide bonds. The third kappa shape index (κ3) is 2.45. The van der Waals surface area contributed by atoms with E-state index >= 15 is 0 Å². The molecule has 19 heavy (non-hydrogen) atoms. The van der Waals surface area contributed by atoms with Crippen molar-refractivity contribution in [3.8, 4) is 0 Å². The molecule has 1 heterocycles. The van der Waals surface area contributed by atoms with Crippen molar-refractivity contribution in [2.24, 2.45) is 0 Å². The van der Waals surface area contributed by atoms with Crippen LogP contribution in [0.1, 0.15) is 25.8 Å². The molecular formula is C14H17FN2O2. The summed E-state index contributed by atoms with van der Waals surface area (Å²) in [6.07, 6.45) is 0.0742. The maximum atomic E-state index is 13.7. The van der Waals surface area contributed by atoms with E-state index in [4.69, 9.17) is 0 Å². The SMILES string of the molecule is Cc1cccc(F)c1NC1CC(=O)N(C(C)C)C1=O. The van der Waals surface area contributed by atoms with Crippen molar-refractivity contribution < 1.29 is 14.0 Å². The van der Waals surface area contributed by atoms with Gasteiger partial charge in [-0.15, -0.1) is 0 Å². The normalized spacial score (nSPS) is 19.4. The number of anilines is 1. The molecule has 4 nitrogen and oxygen atoms in total. The number of imide groups is 1. The maximum absolute atomic E-state index is 13.7. The zero-order chi connectivity index (χ0) is 14.2. The first kappa shape index (κ1) is 13.5. The highest BCUT2D eigenvalue weighted by atomic mass is 19.1. The molecule has 1 aliphatic rings. The zero-order valence-corrected chi connectivity index (χ0v) is 11.2. The summed E-state index contributed by atoms with van der Waals surface area (Å²) in [5.74, 6) is -0.919. The summed E-state index contributed by atoms with van der Waals surface area (Å²) in [6.45, 7) is 5.33. The average molecular weight is 264 g/mol.